The molecule has 0 atom stereocenters. The maximum absolute atomic E-state index is 5.56. The topological polar surface area (TPSA) is 53.2 Å². The molecule has 26 heavy (non-hydrogen) atoms. The minimum atomic E-state index is 0.816. The Hall–Kier alpha value is -3.01. The SMILES string of the molecule is CCCCc1ccc(C=c2[nH]c(=C3C=c4ccccc4=N3)cc2OC)[nH]1. The van der Waals surface area contributed by atoms with Gasteiger partial charge >= 0.3 is 0 Å². The molecule has 3 heterocycles. The van der Waals surface area contributed by atoms with Crippen LogP contribution in [0.4, 0.5) is 0 Å². The Morgan fingerprint density at radius 1 is 1.12 bits per heavy atom. The zero-order valence-corrected chi connectivity index (χ0v) is 15.2. The molecule has 0 bridgehead atoms. The summed E-state index contributed by atoms with van der Waals surface area (Å²) in [7, 11) is 1.70. The first kappa shape index (κ1) is 16.5. The van der Waals surface area contributed by atoms with Crippen LogP contribution in [0.3, 0.4) is 0 Å². The standard InChI is InChI=1S/C22H23N3O/c1-3-4-8-16-10-11-17(23-16)13-21-22(26-2)14-20(25-21)19-12-15-7-5-6-9-18(15)24-19/h5-7,9-14,23,25H,3-4,8H2,1-2H3. The molecule has 1 aliphatic heterocycles. The summed E-state index contributed by atoms with van der Waals surface area (Å²) >= 11 is 0. The lowest BCUT2D eigenvalue weighted by molar-refractivity contribution is 0.412. The van der Waals surface area contributed by atoms with E-state index < -0.39 is 0 Å². The molecule has 3 aromatic rings. The molecule has 0 unspecified atom stereocenters. The second-order valence-corrected chi connectivity index (χ2v) is 6.55. The van der Waals surface area contributed by atoms with E-state index in [4.69, 9.17) is 9.73 Å². The van der Waals surface area contributed by atoms with Crippen molar-refractivity contribution in [2.45, 2.75) is 26.2 Å². The largest absolute Gasteiger partial charge is 0.494 e. The summed E-state index contributed by atoms with van der Waals surface area (Å²) in [6.07, 6.45) is 7.67. The Morgan fingerprint density at radius 2 is 2.00 bits per heavy atom. The monoisotopic (exact) mass is 345 g/mol. The van der Waals surface area contributed by atoms with Gasteiger partial charge in [0.15, 0.2) is 0 Å². The number of para-hydroxylation sites is 1. The Kier molecular flexibility index (Phi) is 4.48. The molecule has 0 aliphatic carbocycles. The van der Waals surface area contributed by atoms with Gasteiger partial charge in [0.25, 0.3) is 0 Å². The zero-order valence-electron chi connectivity index (χ0n) is 15.2. The number of unbranched alkanes of at least 4 members (excludes halogenated alkanes) is 1. The Labute approximate surface area is 152 Å². The van der Waals surface area contributed by atoms with Gasteiger partial charge in [0.1, 0.15) is 5.75 Å². The van der Waals surface area contributed by atoms with Crippen molar-refractivity contribution in [3.8, 4) is 5.75 Å². The number of aromatic nitrogens is 2. The van der Waals surface area contributed by atoms with Crippen LogP contribution in [-0.2, 0) is 6.42 Å². The van der Waals surface area contributed by atoms with Crippen LogP contribution in [0.5, 0.6) is 5.75 Å². The van der Waals surface area contributed by atoms with Gasteiger partial charge in [0, 0.05) is 22.7 Å². The van der Waals surface area contributed by atoms with Crippen molar-refractivity contribution in [2.75, 3.05) is 7.11 Å². The third kappa shape index (κ3) is 3.23. The Bertz CT molecular complexity index is 1130. The highest BCUT2D eigenvalue weighted by Gasteiger charge is 2.06. The molecule has 4 rings (SSSR count). The maximum Gasteiger partial charge on any atom is 0.144 e. The van der Waals surface area contributed by atoms with E-state index >= 15 is 0 Å². The second kappa shape index (κ2) is 7.08. The summed E-state index contributed by atoms with van der Waals surface area (Å²) in [6, 6.07) is 14.4. The van der Waals surface area contributed by atoms with E-state index in [9.17, 15) is 0 Å². The fourth-order valence-corrected chi connectivity index (χ4v) is 3.24. The number of nitrogens with zero attached hydrogens (tertiary/aromatic N) is 1. The number of rotatable bonds is 5. The number of aromatic amines is 2. The minimum Gasteiger partial charge on any atom is -0.494 e. The smallest absolute Gasteiger partial charge is 0.144 e. The number of ether oxygens (including phenoxy) is 1. The van der Waals surface area contributed by atoms with Gasteiger partial charge in [0.05, 0.1) is 28.9 Å². The van der Waals surface area contributed by atoms with Crippen LogP contribution in [0.2, 0.25) is 0 Å². The molecule has 4 nitrogen and oxygen atoms in total. The summed E-state index contributed by atoms with van der Waals surface area (Å²) in [5.74, 6) is 0.816. The first-order valence-corrected chi connectivity index (χ1v) is 9.09. The zero-order chi connectivity index (χ0) is 17.9. The molecule has 0 spiro atoms. The first-order chi connectivity index (χ1) is 12.8. The number of hydrogen-bond donors (Lipinski definition) is 2. The lowest BCUT2D eigenvalue weighted by Gasteiger charge is -1.95. The highest BCUT2D eigenvalue weighted by Crippen LogP contribution is 2.08. The highest BCUT2D eigenvalue weighted by atomic mass is 16.5. The third-order valence-electron chi connectivity index (χ3n) is 4.64. The molecule has 0 fully saturated rings. The van der Waals surface area contributed by atoms with E-state index in [1.165, 1.54) is 18.5 Å². The highest BCUT2D eigenvalue weighted by molar-refractivity contribution is 5.76. The van der Waals surface area contributed by atoms with E-state index in [0.29, 0.717) is 0 Å². The van der Waals surface area contributed by atoms with Crippen LogP contribution < -0.4 is 26.0 Å². The molecule has 1 aliphatic rings. The number of methoxy groups -OCH3 is 1. The van der Waals surface area contributed by atoms with Crippen molar-refractivity contribution in [3.05, 3.63) is 75.1 Å². The molecule has 2 N–H and O–H groups in total. The van der Waals surface area contributed by atoms with Crippen LogP contribution >= 0.6 is 0 Å². The van der Waals surface area contributed by atoms with E-state index in [2.05, 4.69) is 47.2 Å². The second-order valence-electron chi connectivity index (χ2n) is 6.55. The van der Waals surface area contributed by atoms with Crippen LogP contribution in [0.25, 0.3) is 17.8 Å². The van der Waals surface area contributed by atoms with E-state index in [1.807, 2.05) is 24.3 Å². The van der Waals surface area contributed by atoms with Gasteiger partial charge in [0.2, 0.25) is 0 Å². The van der Waals surface area contributed by atoms with Gasteiger partial charge in [-0.1, -0.05) is 31.5 Å². The van der Waals surface area contributed by atoms with Crippen molar-refractivity contribution in [2.24, 2.45) is 4.99 Å². The van der Waals surface area contributed by atoms with Crippen LogP contribution in [-0.4, -0.2) is 17.1 Å². The number of fused-ring (bicyclic) bond motifs is 1. The predicted molar refractivity (Wildman–Crippen MR) is 105 cm³/mol. The molecule has 1 aromatic carbocycles. The fraction of sp³-hybridized carbons (Fsp3) is 0.227. The Balaban J connectivity index is 1.76. The van der Waals surface area contributed by atoms with E-state index in [1.54, 1.807) is 7.11 Å². The first-order valence-electron chi connectivity index (χ1n) is 9.09. The molecular weight excluding hydrogens is 322 g/mol. The minimum absolute atomic E-state index is 0.816. The third-order valence-corrected chi connectivity index (χ3v) is 4.64. The molecule has 132 valence electrons. The van der Waals surface area contributed by atoms with Crippen LogP contribution in [0, 0.1) is 0 Å². The van der Waals surface area contributed by atoms with Crippen molar-refractivity contribution >= 4 is 17.8 Å². The summed E-state index contributed by atoms with van der Waals surface area (Å²) in [5, 5.41) is 4.05. The number of hydrogen-bond acceptors (Lipinski definition) is 2. The summed E-state index contributed by atoms with van der Waals surface area (Å²) in [4.78, 5) is 11.6. The van der Waals surface area contributed by atoms with Gasteiger partial charge in [-0.05, 0) is 43.2 Å². The van der Waals surface area contributed by atoms with Crippen molar-refractivity contribution in [1.29, 1.82) is 0 Å². The average molecular weight is 345 g/mol. The summed E-state index contributed by atoms with van der Waals surface area (Å²) in [5.41, 5.74) is 3.27. The molecule has 4 heteroatoms. The molecular formula is C22H23N3O. The number of aryl methyl sites for hydroxylation is 1. The number of nitrogens with one attached hydrogen (secondary N) is 2. The van der Waals surface area contributed by atoms with Gasteiger partial charge in [-0.3, -0.25) is 0 Å². The van der Waals surface area contributed by atoms with Gasteiger partial charge in [-0.25, -0.2) is 4.99 Å². The molecule has 0 amide bonds. The van der Waals surface area contributed by atoms with Crippen LogP contribution in [0.15, 0.2) is 47.5 Å². The molecule has 0 saturated heterocycles. The summed E-state index contributed by atoms with van der Waals surface area (Å²) < 4.78 is 5.56. The van der Waals surface area contributed by atoms with E-state index in [0.717, 1.165) is 44.8 Å². The lowest BCUT2D eigenvalue weighted by atomic mass is 10.2. The Morgan fingerprint density at radius 3 is 2.81 bits per heavy atom. The predicted octanol–water partition coefficient (Wildman–Crippen LogP) is 1.74. The van der Waals surface area contributed by atoms with E-state index in [-0.39, 0.29) is 0 Å². The quantitative estimate of drug-likeness (QED) is 0.727. The van der Waals surface area contributed by atoms with Crippen molar-refractivity contribution < 1.29 is 4.74 Å². The normalized spacial score (nSPS) is 15.5. The summed E-state index contributed by atoms with van der Waals surface area (Å²) in [6.45, 7) is 2.21. The van der Waals surface area contributed by atoms with Gasteiger partial charge < -0.3 is 14.7 Å². The molecule has 2 aromatic heterocycles. The van der Waals surface area contributed by atoms with Crippen molar-refractivity contribution in [1.82, 2.24) is 9.97 Å². The van der Waals surface area contributed by atoms with Crippen LogP contribution in [0.1, 0.15) is 31.2 Å². The average Bonchev–Trinajstić information content (AvgIpc) is 3.37. The molecule has 0 saturated carbocycles. The fourth-order valence-electron chi connectivity index (χ4n) is 3.24. The maximum atomic E-state index is 5.56. The van der Waals surface area contributed by atoms with Gasteiger partial charge in [-0.15, -0.1) is 0 Å². The molecule has 0 radical (unpaired) electrons. The number of H-pyrrole nitrogens is 2. The lowest BCUT2D eigenvalue weighted by Crippen LogP contribution is -2.19. The number of benzene rings is 1. The van der Waals surface area contributed by atoms with Gasteiger partial charge in [-0.2, -0.15) is 0 Å². The van der Waals surface area contributed by atoms with Crippen molar-refractivity contribution in [3.63, 3.8) is 0 Å².